The first-order chi connectivity index (χ1) is 6.63. The summed E-state index contributed by atoms with van der Waals surface area (Å²) in [5.41, 5.74) is 6.51. The number of nitroso groups, excluding NO2 is 1. The Bertz CT molecular complexity index is 418. The highest BCUT2D eigenvalue weighted by Gasteiger charge is 2.43. The second kappa shape index (κ2) is 2.86. The van der Waals surface area contributed by atoms with E-state index in [0.29, 0.717) is 16.2 Å². The molecule has 0 saturated carbocycles. The summed E-state index contributed by atoms with van der Waals surface area (Å²) in [6.07, 6.45) is -0.776. The van der Waals surface area contributed by atoms with Crippen molar-refractivity contribution in [2.24, 2.45) is 11.6 Å². The molecule has 1 heterocycles. The standard InChI is InChI=1S/C8H9N4O2/c9-7-5-3-1-2-4-6(5)8(13)12(14)11(7)10/h1-4,7H,9-10H2/q+1. The van der Waals surface area contributed by atoms with Crippen molar-refractivity contribution in [2.45, 2.75) is 6.17 Å². The molecule has 0 spiro atoms. The number of nitrogens with two attached hydrogens (primary N) is 2. The van der Waals surface area contributed by atoms with Crippen LogP contribution in [-0.2, 0) is 0 Å². The van der Waals surface area contributed by atoms with E-state index in [1.165, 1.54) is 0 Å². The fourth-order valence-electron chi connectivity index (χ4n) is 1.41. The van der Waals surface area contributed by atoms with Crippen molar-refractivity contribution in [3.63, 3.8) is 0 Å². The quantitative estimate of drug-likeness (QED) is 0.434. The van der Waals surface area contributed by atoms with Crippen molar-refractivity contribution in [3.8, 4) is 0 Å². The van der Waals surface area contributed by atoms with Gasteiger partial charge in [-0.1, -0.05) is 18.2 Å². The molecule has 1 unspecified atom stereocenters. The van der Waals surface area contributed by atoms with E-state index in [1.54, 1.807) is 24.3 Å². The van der Waals surface area contributed by atoms with Gasteiger partial charge >= 0.3 is 5.91 Å². The highest BCUT2D eigenvalue weighted by Crippen LogP contribution is 2.23. The van der Waals surface area contributed by atoms with Gasteiger partial charge in [-0.15, -0.1) is 0 Å². The van der Waals surface area contributed by atoms with Crippen LogP contribution in [0.25, 0.3) is 0 Å². The molecule has 1 atom stereocenters. The molecule has 1 aromatic carbocycles. The summed E-state index contributed by atoms with van der Waals surface area (Å²) in [7, 11) is 0. The van der Waals surface area contributed by atoms with Crippen LogP contribution in [0.15, 0.2) is 24.3 Å². The van der Waals surface area contributed by atoms with Crippen LogP contribution in [0.5, 0.6) is 0 Å². The minimum atomic E-state index is -0.776. The van der Waals surface area contributed by atoms with Gasteiger partial charge in [0.2, 0.25) is 4.87 Å². The molecule has 6 heteroatoms. The van der Waals surface area contributed by atoms with Gasteiger partial charge in [0.05, 0.1) is 4.91 Å². The highest BCUT2D eigenvalue weighted by atomic mass is 16.4. The number of amides is 1. The molecule has 14 heavy (non-hydrogen) atoms. The second-order valence-electron chi connectivity index (χ2n) is 2.99. The Morgan fingerprint density at radius 3 is 2.71 bits per heavy atom. The van der Waals surface area contributed by atoms with E-state index in [4.69, 9.17) is 11.6 Å². The van der Waals surface area contributed by atoms with Crippen molar-refractivity contribution in [1.82, 2.24) is 5.12 Å². The number of benzene rings is 1. The van der Waals surface area contributed by atoms with E-state index in [9.17, 15) is 9.70 Å². The lowest BCUT2D eigenvalue weighted by Gasteiger charge is -2.21. The van der Waals surface area contributed by atoms with Crippen LogP contribution in [0.3, 0.4) is 0 Å². The molecule has 1 aromatic rings. The maximum atomic E-state index is 11.4. The Balaban J connectivity index is 2.62. The summed E-state index contributed by atoms with van der Waals surface area (Å²) in [6, 6.07) is 6.63. The number of fused-ring (bicyclic) bond motifs is 1. The average molecular weight is 193 g/mol. The molecule has 1 amide bonds. The Morgan fingerprint density at radius 1 is 1.36 bits per heavy atom. The van der Waals surface area contributed by atoms with Crippen molar-refractivity contribution < 1.29 is 9.66 Å². The fourth-order valence-corrected chi connectivity index (χ4v) is 1.41. The van der Waals surface area contributed by atoms with Crippen molar-refractivity contribution in [1.29, 1.82) is 0 Å². The third-order valence-corrected chi connectivity index (χ3v) is 2.18. The van der Waals surface area contributed by atoms with E-state index in [-0.39, 0.29) is 4.87 Å². The first-order valence-corrected chi connectivity index (χ1v) is 4.03. The SMILES string of the molecule is NC1c2ccccc2C(=O)[N+](=O)N1N. The van der Waals surface area contributed by atoms with E-state index < -0.39 is 12.1 Å². The molecular formula is C8H9N4O2+. The summed E-state index contributed by atoms with van der Waals surface area (Å²) >= 11 is 0. The molecule has 0 saturated heterocycles. The number of nitrogens with zero attached hydrogens (tertiary/aromatic N) is 2. The summed E-state index contributed by atoms with van der Waals surface area (Å²) < 4.78 is 0. The van der Waals surface area contributed by atoms with Crippen LogP contribution in [0.4, 0.5) is 0 Å². The van der Waals surface area contributed by atoms with Crippen LogP contribution in [0.2, 0.25) is 0 Å². The molecule has 72 valence electrons. The molecule has 1 aliphatic heterocycles. The van der Waals surface area contributed by atoms with E-state index in [1.807, 2.05) is 0 Å². The number of hydrazine groups is 2. The first-order valence-electron chi connectivity index (χ1n) is 4.03. The zero-order valence-corrected chi connectivity index (χ0v) is 7.25. The highest BCUT2D eigenvalue weighted by molar-refractivity contribution is 5.90. The second-order valence-corrected chi connectivity index (χ2v) is 2.99. The number of hydrogen-bond acceptors (Lipinski definition) is 4. The molecule has 4 N–H and O–H groups in total. The summed E-state index contributed by atoms with van der Waals surface area (Å²) in [5, 5.41) is 0.671. The van der Waals surface area contributed by atoms with Crippen molar-refractivity contribution >= 4 is 5.91 Å². The van der Waals surface area contributed by atoms with E-state index >= 15 is 0 Å². The van der Waals surface area contributed by atoms with E-state index in [0.717, 1.165) is 0 Å². The number of carbonyl (C=O) groups excluding carboxylic acids is 1. The lowest BCUT2D eigenvalue weighted by Crippen LogP contribution is -2.52. The number of carbonyl (C=O) groups is 1. The zero-order chi connectivity index (χ0) is 10.3. The summed E-state index contributed by atoms with van der Waals surface area (Å²) in [6.45, 7) is 0. The monoisotopic (exact) mass is 193 g/mol. The Morgan fingerprint density at radius 2 is 2.00 bits per heavy atom. The third kappa shape index (κ3) is 1.02. The van der Waals surface area contributed by atoms with E-state index in [2.05, 4.69) is 0 Å². The Hall–Kier alpha value is -1.79. The van der Waals surface area contributed by atoms with Crippen LogP contribution < -0.4 is 11.6 Å². The average Bonchev–Trinajstić information content (AvgIpc) is 2.23. The van der Waals surface area contributed by atoms with Crippen LogP contribution in [0.1, 0.15) is 22.1 Å². The molecule has 0 aromatic heterocycles. The summed E-state index contributed by atoms with van der Waals surface area (Å²) in [4.78, 5) is 22.7. The van der Waals surface area contributed by atoms with Gasteiger partial charge in [0, 0.05) is 5.56 Å². The minimum Gasteiger partial charge on any atom is -0.301 e. The topological polar surface area (TPSA) is 92.4 Å². The molecule has 0 fully saturated rings. The maximum Gasteiger partial charge on any atom is 0.499 e. The molecule has 1 aliphatic rings. The van der Waals surface area contributed by atoms with Gasteiger partial charge in [0.15, 0.2) is 6.17 Å². The normalized spacial score (nSPS) is 21.0. The Kier molecular flexibility index (Phi) is 1.80. The third-order valence-electron chi connectivity index (χ3n) is 2.18. The van der Waals surface area contributed by atoms with Gasteiger partial charge in [-0.2, -0.15) is 5.84 Å². The van der Waals surface area contributed by atoms with Gasteiger partial charge in [-0.3, -0.25) is 0 Å². The molecule has 0 radical (unpaired) electrons. The van der Waals surface area contributed by atoms with Crippen molar-refractivity contribution in [3.05, 3.63) is 40.3 Å². The summed E-state index contributed by atoms with van der Waals surface area (Å²) in [5.74, 6) is 4.64. The largest absolute Gasteiger partial charge is 0.499 e. The van der Waals surface area contributed by atoms with Crippen LogP contribution in [0, 0.1) is 4.91 Å². The van der Waals surface area contributed by atoms with Gasteiger partial charge in [-0.05, 0) is 11.2 Å². The minimum absolute atomic E-state index is 0.0625. The van der Waals surface area contributed by atoms with Crippen LogP contribution >= 0.6 is 0 Å². The molecule has 6 nitrogen and oxygen atoms in total. The lowest BCUT2D eigenvalue weighted by molar-refractivity contribution is -0.645. The first kappa shape index (κ1) is 8.79. The number of rotatable bonds is 0. The number of hydrogen-bond donors (Lipinski definition) is 2. The van der Waals surface area contributed by atoms with Crippen LogP contribution in [-0.4, -0.2) is 15.9 Å². The smallest absolute Gasteiger partial charge is 0.301 e. The van der Waals surface area contributed by atoms with Gasteiger partial charge in [0.1, 0.15) is 5.56 Å². The Labute approximate surface area is 79.6 Å². The molecule has 0 aliphatic carbocycles. The fraction of sp³-hybridized carbons (Fsp3) is 0.125. The van der Waals surface area contributed by atoms with Gasteiger partial charge in [0.25, 0.3) is 0 Å². The van der Waals surface area contributed by atoms with Crippen molar-refractivity contribution in [2.75, 3.05) is 0 Å². The zero-order valence-electron chi connectivity index (χ0n) is 7.25. The van der Waals surface area contributed by atoms with Gasteiger partial charge < -0.3 is 5.73 Å². The lowest BCUT2D eigenvalue weighted by atomic mass is 10.0. The molecular weight excluding hydrogens is 184 g/mol. The predicted octanol–water partition coefficient (Wildman–Crippen LogP) is -0.333. The predicted molar refractivity (Wildman–Crippen MR) is 47.4 cm³/mol. The maximum absolute atomic E-state index is 11.4. The molecule has 2 rings (SSSR count). The van der Waals surface area contributed by atoms with Gasteiger partial charge in [-0.25, -0.2) is 4.79 Å². The molecule has 0 bridgehead atoms.